The molecule has 2 aromatic heterocycles. The molecule has 108 valence electrons. The Morgan fingerprint density at radius 3 is 3.00 bits per heavy atom. The number of hydrogen-bond donors (Lipinski definition) is 4. The molecule has 6 N–H and O–H groups in total. The molecule has 0 aromatic carbocycles. The molecular weight excluding hydrogens is 264 g/mol. The number of nitrogens with zero attached hydrogens (tertiary/aromatic N) is 4. The number of aliphatic hydroxyl groups is 2. The highest BCUT2D eigenvalue weighted by Crippen LogP contribution is 2.31. The molecule has 1 fully saturated rings. The topological polar surface area (TPSA) is 136 Å². The number of nitrogen functional groups attached to an aromatic ring is 2. The van der Waals surface area contributed by atoms with Crippen LogP contribution in [-0.2, 0) is 10.5 Å². The molecule has 0 unspecified atom stereocenters. The molecule has 9 nitrogen and oxygen atoms in total. The van der Waals surface area contributed by atoms with E-state index in [9.17, 15) is 10.2 Å². The van der Waals surface area contributed by atoms with Gasteiger partial charge in [0.25, 0.3) is 0 Å². The Kier molecular flexibility index (Phi) is 2.78. The van der Waals surface area contributed by atoms with Crippen LogP contribution in [0.2, 0.25) is 0 Å². The van der Waals surface area contributed by atoms with Crippen LogP contribution in [-0.4, -0.2) is 43.7 Å². The highest BCUT2D eigenvalue weighted by molar-refractivity contribution is 5.79. The maximum Gasteiger partial charge on any atom is 0.311 e. The van der Waals surface area contributed by atoms with Crippen molar-refractivity contribution >= 4 is 17.0 Å². The largest absolute Gasteiger partial charge is 0.394 e. The molecule has 1 aliphatic heterocycles. The Balaban J connectivity index is 2.14. The van der Waals surface area contributed by atoms with Crippen LogP contribution in [0, 0.1) is 0 Å². The van der Waals surface area contributed by atoms with Crippen LogP contribution in [0.1, 0.15) is 13.3 Å². The lowest BCUT2D eigenvalue weighted by Crippen LogP contribution is -2.54. The number of aliphatic hydroxyl groups excluding tert-OH is 2. The summed E-state index contributed by atoms with van der Waals surface area (Å²) < 4.78 is 8.76. The summed E-state index contributed by atoms with van der Waals surface area (Å²) in [4.78, 5) is 8.07. The number of nitrogens with two attached hydrogens (primary N) is 2. The molecule has 0 saturated carbocycles. The van der Waals surface area contributed by atoms with Crippen LogP contribution >= 0.6 is 0 Å². The smallest absolute Gasteiger partial charge is 0.311 e. The van der Waals surface area contributed by atoms with E-state index < -0.39 is 17.9 Å². The fourth-order valence-corrected chi connectivity index (χ4v) is 2.68. The van der Waals surface area contributed by atoms with Crippen LogP contribution < -0.4 is 16.1 Å². The van der Waals surface area contributed by atoms with E-state index in [0.717, 1.165) is 0 Å². The van der Waals surface area contributed by atoms with E-state index in [0.29, 0.717) is 17.6 Å². The van der Waals surface area contributed by atoms with Crippen molar-refractivity contribution in [3.63, 3.8) is 0 Å². The van der Waals surface area contributed by atoms with E-state index >= 15 is 0 Å². The number of imidazole rings is 1. The summed E-state index contributed by atoms with van der Waals surface area (Å²) in [5, 5.41) is 19.1. The monoisotopic (exact) mass is 281 g/mol. The fraction of sp³-hybridized carbons (Fsp3) is 0.545. The Hall–Kier alpha value is -1.97. The van der Waals surface area contributed by atoms with Gasteiger partial charge in [-0.3, -0.25) is 5.84 Å². The minimum atomic E-state index is -0.865. The first kappa shape index (κ1) is 13.0. The van der Waals surface area contributed by atoms with Gasteiger partial charge in [0.15, 0.2) is 17.9 Å². The number of anilines is 1. The van der Waals surface area contributed by atoms with Crippen LogP contribution in [0.25, 0.3) is 11.2 Å². The molecule has 1 saturated heterocycles. The average molecular weight is 281 g/mol. The van der Waals surface area contributed by atoms with E-state index in [1.807, 2.05) is 0 Å². The Morgan fingerprint density at radius 1 is 1.60 bits per heavy atom. The summed E-state index contributed by atoms with van der Waals surface area (Å²) in [6, 6.07) is 0. The third-order valence-corrected chi connectivity index (χ3v) is 3.67. The second-order valence-corrected chi connectivity index (χ2v) is 5.11. The molecule has 3 atom stereocenters. The zero-order valence-electron chi connectivity index (χ0n) is 11.0. The van der Waals surface area contributed by atoms with Gasteiger partial charge in [-0.15, -0.1) is 0 Å². The third-order valence-electron chi connectivity index (χ3n) is 3.67. The highest BCUT2D eigenvalue weighted by atomic mass is 16.6. The van der Waals surface area contributed by atoms with Gasteiger partial charge in [-0.05, 0) is 6.92 Å². The van der Waals surface area contributed by atoms with Crippen molar-refractivity contribution in [1.29, 1.82) is 0 Å². The second-order valence-electron chi connectivity index (χ2n) is 5.11. The van der Waals surface area contributed by atoms with E-state index in [4.69, 9.17) is 16.3 Å². The quantitative estimate of drug-likeness (QED) is 0.363. The third kappa shape index (κ3) is 1.71. The summed E-state index contributed by atoms with van der Waals surface area (Å²) >= 11 is 0. The number of aromatic nitrogens is 4. The average Bonchev–Trinajstić information content (AvgIpc) is 2.89. The number of hydrogen-bond acceptors (Lipinski definition) is 7. The summed E-state index contributed by atoms with van der Waals surface area (Å²) in [6.45, 7) is 1.54. The Morgan fingerprint density at radius 2 is 2.35 bits per heavy atom. The van der Waals surface area contributed by atoms with Crippen LogP contribution in [0.5, 0.6) is 0 Å². The van der Waals surface area contributed by atoms with Gasteiger partial charge in [-0.2, -0.15) is 9.66 Å². The summed E-state index contributed by atoms with van der Waals surface area (Å²) in [5.41, 5.74) is 5.93. The molecule has 0 bridgehead atoms. The summed E-state index contributed by atoms with van der Waals surface area (Å²) in [5.74, 6) is 6.14. The lowest BCUT2D eigenvalue weighted by Gasteiger charge is -2.21. The molecule has 0 aliphatic carbocycles. The first-order valence-corrected chi connectivity index (χ1v) is 6.22. The van der Waals surface area contributed by atoms with Crippen molar-refractivity contribution in [2.45, 2.75) is 31.3 Å². The van der Waals surface area contributed by atoms with E-state index in [1.54, 1.807) is 17.8 Å². The molecule has 20 heavy (non-hydrogen) atoms. The molecule has 9 heteroatoms. The maximum atomic E-state index is 9.93. The van der Waals surface area contributed by atoms with Crippen molar-refractivity contribution in [2.24, 2.45) is 0 Å². The lowest BCUT2D eigenvalue weighted by molar-refractivity contribution is -0.783. The minimum Gasteiger partial charge on any atom is -0.394 e. The standard InChI is InChI=1S/C11H17N6O3/c1-11(2-6(19)7(3-18)20-11)16-5-17(13)8-9(12)14-4-15-10(8)16/h4-7,18-19H,2-3,13H2,1H3,(H2,12,14,15)/q+1/t6-,7+,11+/m0/s1. The van der Waals surface area contributed by atoms with Gasteiger partial charge in [0.05, 0.1) is 12.7 Å². The van der Waals surface area contributed by atoms with E-state index in [1.165, 1.54) is 11.0 Å². The predicted molar refractivity (Wildman–Crippen MR) is 68.5 cm³/mol. The van der Waals surface area contributed by atoms with Crippen LogP contribution in [0.15, 0.2) is 12.7 Å². The zero-order valence-corrected chi connectivity index (χ0v) is 11.0. The highest BCUT2D eigenvalue weighted by Gasteiger charge is 2.48. The van der Waals surface area contributed by atoms with Crippen LogP contribution in [0.3, 0.4) is 0 Å². The SMILES string of the molecule is C[C@]1([n+]2cn(N)c3c(N)ncnc32)C[C@H](O)[C@@H](CO)O1. The Bertz CT molecular complexity index is 659. The molecule has 3 heterocycles. The summed E-state index contributed by atoms with van der Waals surface area (Å²) in [6.07, 6.45) is 1.84. The second kappa shape index (κ2) is 4.27. The van der Waals surface area contributed by atoms with Crippen molar-refractivity contribution in [2.75, 3.05) is 18.2 Å². The number of fused-ring (bicyclic) bond motifs is 1. The van der Waals surface area contributed by atoms with Gasteiger partial charge >= 0.3 is 5.65 Å². The molecule has 3 rings (SSSR count). The van der Waals surface area contributed by atoms with Gasteiger partial charge in [0.1, 0.15) is 6.10 Å². The van der Waals surface area contributed by atoms with Gasteiger partial charge in [-0.25, -0.2) is 4.57 Å². The maximum absolute atomic E-state index is 9.93. The van der Waals surface area contributed by atoms with Gasteiger partial charge in [0.2, 0.25) is 11.8 Å². The number of ether oxygens (including phenoxy) is 1. The normalized spacial score (nSPS) is 30.1. The van der Waals surface area contributed by atoms with Crippen LogP contribution in [0.4, 0.5) is 5.82 Å². The fourth-order valence-electron chi connectivity index (χ4n) is 2.68. The number of rotatable bonds is 2. The van der Waals surface area contributed by atoms with Crippen molar-refractivity contribution in [3.8, 4) is 0 Å². The van der Waals surface area contributed by atoms with E-state index in [2.05, 4.69) is 9.97 Å². The van der Waals surface area contributed by atoms with Gasteiger partial charge in [-0.1, -0.05) is 4.98 Å². The molecule has 2 aromatic rings. The molecular formula is C11H17N6O3+. The molecule has 1 aliphatic rings. The molecule has 0 radical (unpaired) electrons. The predicted octanol–water partition coefficient (Wildman–Crippen LogP) is -2.17. The van der Waals surface area contributed by atoms with Crippen molar-refractivity contribution in [3.05, 3.63) is 12.7 Å². The molecule has 0 amide bonds. The van der Waals surface area contributed by atoms with Gasteiger partial charge in [0, 0.05) is 6.42 Å². The lowest BCUT2D eigenvalue weighted by atomic mass is 10.1. The zero-order chi connectivity index (χ0) is 14.5. The van der Waals surface area contributed by atoms with Gasteiger partial charge < -0.3 is 20.7 Å². The first-order chi connectivity index (χ1) is 9.46. The Labute approximate surface area is 114 Å². The first-order valence-electron chi connectivity index (χ1n) is 6.22. The summed E-state index contributed by atoms with van der Waals surface area (Å²) in [7, 11) is 0. The van der Waals surface area contributed by atoms with Crippen molar-refractivity contribution in [1.82, 2.24) is 14.6 Å². The molecule has 0 spiro atoms. The minimum absolute atomic E-state index is 0.254. The van der Waals surface area contributed by atoms with E-state index in [-0.39, 0.29) is 12.4 Å². The van der Waals surface area contributed by atoms with Crippen molar-refractivity contribution < 1.29 is 19.5 Å².